The van der Waals surface area contributed by atoms with Gasteiger partial charge in [0.15, 0.2) is 0 Å². The minimum Gasteiger partial charge on any atom is -0.495 e. The van der Waals surface area contributed by atoms with Crippen LogP contribution in [-0.2, 0) is 11.2 Å². The van der Waals surface area contributed by atoms with Crippen molar-refractivity contribution in [3.63, 3.8) is 0 Å². The first-order chi connectivity index (χ1) is 9.36. The standard InChI is InChI=1S/C16H24N2O2/c1-16(2,3)14(17)15(19)18-10-6-8-11-7-5-9-12(20-4)13(11)18/h5,7,9,14H,6,8,10,17H2,1-4H3/t14-/m0/s1. The molecule has 1 aromatic carbocycles. The van der Waals surface area contributed by atoms with E-state index in [1.165, 1.54) is 0 Å². The van der Waals surface area contributed by atoms with E-state index in [1.807, 2.05) is 32.9 Å². The summed E-state index contributed by atoms with van der Waals surface area (Å²) in [6, 6.07) is 5.40. The van der Waals surface area contributed by atoms with Gasteiger partial charge >= 0.3 is 0 Å². The number of hydrogen-bond donors (Lipinski definition) is 1. The van der Waals surface area contributed by atoms with Gasteiger partial charge in [-0.05, 0) is 29.9 Å². The Hall–Kier alpha value is -1.55. The minimum absolute atomic E-state index is 0.0250. The van der Waals surface area contributed by atoms with Crippen LogP contribution >= 0.6 is 0 Å². The molecule has 1 amide bonds. The van der Waals surface area contributed by atoms with Crippen LogP contribution in [0.1, 0.15) is 32.8 Å². The maximum absolute atomic E-state index is 12.7. The fourth-order valence-corrected chi connectivity index (χ4v) is 2.54. The van der Waals surface area contributed by atoms with Gasteiger partial charge in [-0.1, -0.05) is 32.9 Å². The molecular formula is C16H24N2O2. The molecule has 1 atom stereocenters. The van der Waals surface area contributed by atoms with Crippen molar-refractivity contribution in [3.8, 4) is 5.75 Å². The zero-order valence-corrected chi connectivity index (χ0v) is 12.8. The predicted molar refractivity (Wildman–Crippen MR) is 81.1 cm³/mol. The van der Waals surface area contributed by atoms with Crippen molar-refractivity contribution >= 4 is 11.6 Å². The summed E-state index contributed by atoms with van der Waals surface area (Å²) in [7, 11) is 1.64. The number of aryl methyl sites for hydroxylation is 1. The van der Waals surface area contributed by atoms with Gasteiger partial charge in [-0.25, -0.2) is 0 Å². The Bertz CT molecular complexity index is 491. The van der Waals surface area contributed by atoms with Crippen molar-refractivity contribution in [3.05, 3.63) is 23.8 Å². The van der Waals surface area contributed by atoms with E-state index >= 15 is 0 Å². The summed E-state index contributed by atoms with van der Waals surface area (Å²) in [6.07, 6.45) is 1.93. The number of para-hydroxylation sites is 1. The van der Waals surface area contributed by atoms with Crippen LogP contribution in [0.15, 0.2) is 18.2 Å². The second-order valence-electron chi connectivity index (χ2n) is 6.41. The number of methoxy groups -OCH3 is 1. The molecule has 2 rings (SSSR count). The molecule has 1 aromatic rings. The quantitative estimate of drug-likeness (QED) is 0.902. The molecule has 4 nitrogen and oxygen atoms in total. The fourth-order valence-electron chi connectivity index (χ4n) is 2.54. The Morgan fingerprint density at radius 3 is 2.70 bits per heavy atom. The molecule has 1 aliphatic rings. The smallest absolute Gasteiger partial charge is 0.244 e. The largest absolute Gasteiger partial charge is 0.495 e. The molecule has 0 saturated heterocycles. The van der Waals surface area contributed by atoms with Crippen LogP contribution in [0.4, 0.5) is 5.69 Å². The lowest BCUT2D eigenvalue weighted by Gasteiger charge is -2.36. The van der Waals surface area contributed by atoms with E-state index < -0.39 is 6.04 Å². The Morgan fingerprint density at radius 1 is 1.40 bits per heavy atom. The van der Waals surface area contributed by atoms with Crippen molar-refractivity contribution in [2.45, 2.75) is 39.7 Å². The average Bonchev–Trinajstić information content (AvgIpc) is 2.43. The van der Waals surface area contributed by atoms with Crippen LogP contribution in [0.5, 0.6) is 5.75 Å². The molecule has 1 heterocycles. The molecule has 0 aliphatic carbocycles. The van der Waals surface area contributed by atoms with Gasteiger partial charge in [0.1, 0.15) is 5.75 Å². The van der Waals surface area contributed by atoms with Gasteiger partial charge in [-0.2, -0.15) is 0 Å². The summed E-state index contributed by atoms with van der Waals surface area (Å²) in [5, 5.41) is 0. The SMILES string of the molecule is COc1cccc2c1N(C(=O)[C@H](N)C(C)(C)C)CCC2. The number of benzene rings is 1. The third-order valence-electron chi connectivity index (χ3n) is 3.87. The molecule has 0 saturated carbocycles. The maximum atomic E-state index is 12.7. The van der Waals surface area contributed by atoms with E-state index in [4.69, 9.17) is 10.5 Å². The van der Waals surface area contributed by atoms with Gasteiger partial charge in [0.05, 0.1) is 18.8 Å². The zero-order valence-electron chi connectivity index (χ0n) is 12.8. The summed E-state index contributed by atoms with van der Waals surface area (Å²) in [4.78, 5) is 14.5. The highest BCUT2D eigenvalue weighted by Crippen LogP contribution is 2.37. The normalized spacial score (nSPS) is 16.6. The number of ether oxygens (including phenoxy) is 1. The monoisotopic (exact) mass is 276 g/mol. The van der Waals surface area contributed by atoms with Gasteiger partial charge in [0.25, 0.3) is 0 Å². The van der Waals surface area contributed by atoms with E-state index in [9.17, 15) is 4.79 Å². The van der Waals surface area contributed by atoms with E-state index in [-0.39, 0.29) is 11.3 Å². The summed E-state index contributed by atoms with van der Waals surface area (Å²) in [5.41, 5.74) is 7.94. The van der Waals surface area contributed by atoms with Crippen LogP contribution in [0, 0.1) is 5.41 Å². The summed E-state index contributed by atoms with van der Waals surface area (Å²) in [6.45, 7) is 6.67. The average molecular weight is 276 g/mol. The number of nitrogens with zero attached hydrogens (tertiary/aromatic N) is 1. The molecular weight excluding hydrogens is 252 g/mol. The summed E-state index contributed by atoms with van der Waals surface area (Å²) in [5.74, 6) is 0.722. The molecule has 2 N–H and O–H groups in total. The molecule has 0 unspecified atom stereocenters. The number of rotatable bonds is 2. The van der Waals surface area contributed by atoms with Crippen molar-refractivity contribution in [1.29, 1.82) is 0 Å². The summed E-state index contributed by atoms with van der Waals surface area (Å²) < 4.78 is 5.42. The zero-order chi connectivity index (χ0) is 14.9. The molecule has 110 valence electrons. The van der Waals surface area contributed by atoms with Crippen molar-refractivity contribution in [2.24, 2.45) is 11.1 Å². The molecule has 1 aliphatic heterocycles. The summed E-state index contributed by atoms with van der Waals surface area (Å²) >= 11 is 0. The van der Waals surface area contributed by atoms with Gasteiger partial charge in [-0.15, -0.1) is 0 Å². The van der Waals surface area contributed by atoms with Crippen molar-refractivity contribution < 1.29 is 9.53 Å². The third-order valence-corrected chi connectivity index (χ3v) is 3.87. The van der Waals surface area contributed by atoms with Crippen molar-refractivity contribution in [1.82, 2.24) is 0 Å². The Balaban J connectivity index is 2.40. The first kappa shape index (κ1) is 14.9. The second kappa shape index (κ2) is 5.44. The molecule has 0 radical (unpaired) electrons. The molecule has 20 heavy (non-hydrogen) atoms. The highest BCUT2D eigenvalue weighted by molar-refractivity contribution is 6.00. The number of anilines is 1. The highest BCUT2D eigenvalue weighted by atomic mass is 16.5. The molecule has 0 bridgehead atoms. The van der Waals surface area contributed by atoms with Crippen LogP contribution in [0.25, 0.3) is 0 Å². The highest BCUT2D eigenvalue weighted by Gasteiger charge is 2.34. The topological polar surface area (TPSA) is 55.6 Å². The molecule has 0 spiro atoms. The lowest BCUT2D eigenvalue weighted by Crippen LogP contribution is -2.52. The van der Waals surface area contributed by atoms with E-state index in [2.05, 4.69) is 6.07 Å². The Morgan fingerprint density at radius 2 is 2.10 bits per heavy atom. The Labute approximate surface area is 120 Å². The number of carbonyl (C=O) groups is 1. The third kappa shape index (κ3) is 2.66. The molecule has 0 aromatic heterocycles. The number of carbonyl (C=O) groups excluding carboxylic acids is 1. The van der Waals surface area contributed by atoms with Gasteiger partial charge in [0, 0.05) is 6.54 Å². The second-order valence-corrected chi connectivity index (χ2v) is 6.41. The number of nitrogens with two attached hydrogens (primary N) is 1. The molecule has 0 fully saturated rings. The minimum atomic E-state index is -0.515. The maximum Gasteiger partial charge on any atom is 0.244 e. The number of fused-ring (bicyclic) bond motifs is 1. The van der Waals surface area contributed by atoms with Crippen LogP contribution in [-0.4, -0.2) is 25.6 Å². The first-order valence-electron chi connectivity index (χ1n) is 7.09. The van der Waals surface area contributed by atoms with Crippen LogP contribution in [0.3, 0.4) is 0 Å². The lowest BCUT2D eigenvalue weighted by atomic mass is 9.86. The molecule has 4 heteroatoms. The van der Waals surface area contributed by atoms with Gasteiger partial charge < -0.3 is 15.4 Å². The van der Waals surface area contributed by atoms with Crippen molar-refractivity contribution in [2.75, 3.05) is 18.6 Å². The van der Waals surface area contributed by atoms with Crippen LogP contribution < -0.4 is 15.4 Å². The fraction of sp³-hybridized carbons (Fsp3) is 0.562. The van der Waals surface area contributed by atoms with Gasteiger partial charge in [-0.3, -0.25) is 4.79 Å². The number of amides is 1. The predicted octanol–water partition coefficient (Wildman–Crippen LogP) is 2.35. The first-order valence-corrected chi connectivity index (χ1v) is 7.09. The lowest BCUT2D eigenvalue weighted by molar-refractivity contribution is -0.122. The Kier molecular flexibility index (Phi) is 4.04. The van der Waals surface area contributed by atoms with E-state index in [1.54, 1.807) is 12.0 Å². The van der Waals surface area contributed by atoms with E-state index in [0.29, 0.717) is 6.54 Å². The van der Waals surface area contributed by atoms with Crippen LogP contribution in [0.2, 0.25) is 0 Å². The van der Waals surface area contributed by atoms with E-state index in [0.717, 1.165) is 29.8 Å². The van der Waals surface area contributed by atoms with Gasteiger partial charge in [0.2, 0.25) is 5.91 Å². The number of hydrogen-bond acceptors (Lipinski definition) is 3.